The van der Waals surface area contributed by atoms with Crippen LogP contribution in [0.1, 0.15) is 36.7 Å². The lowest BCUT2D eigenvalue weighted by atomic mass is 9.97. The molecule has 1 heterocycles. The molecular formula is C14H18N2. The highest BCUT2D eigenvalue weighted by Crippen LogP contribution is 2.26. The molecule has 0 fully saturated rings. The van der Waals surface area contributed by atoms with Gasteiger partial charge < -0.3 is 4.98 Å². The van der Waals surface area contributed by atoms with Crippen molar-refractivity contribution >= 4 is 0 Å². The summed E-state index contributed by atoms with van der Waals surface area (Å²) in [5.74, 6) is 1.52. The number of hydrogen-bond acceptors (Lipinski definition) is 1. The molecule has 0 aliphatic rings. The van der Waals surface area contributed by atoms with Crippen molar-refractivity contribution < 1.29 is 0 Å². The number of hydrogen-bond donors (Lipinski definition) is 1. The van der Waals surface area contributed by atoms with Crippen LogP contribution in [0.5, 0.6) is 0 Å². The van der Waals surface area contributed by atoms with Crippen LogP contribution in [-0.4, -0.2) is 9.97 Å². The second-order valence-electron chi connectivity index (χ2n) is 4.61. The molecule has 2 rings (SSSR count). The van der Waals surface area contributed by atoms with Gasteiger partial charge in [-0.05, 0) is 37.0 Å². The van der Waals surface area contributed by atoms with E-state index in [2.05, 4.69) is 48.9 Å². The van der Waals surface area contributed by atoms with Gasteiger partial charge in [-0.1, -0.05) is 26.0 Å². The molecule has 84 valence electrons. The van der Waals surface area contributed by atoms with Crippen LogP contribution in [0.3, 0.4) is 0 Å². The van der Waals surface area contributed by atoms with E-state index in [1.54, 1.807) is 0 Å². The molecule has 0 radical (unpaired) electrons. The van der Waals surface area contributed by atoms with Gasteiger partial charge in [0, 0.05) is 5.56 Å². The zero-order chi connectivity index (χ0) is 11.7. The van der Waals surface area contributed by atoms with Gasteiger partial charge in [0.2, 0.25) is 0 Å². The van der Waals surface area contributed by atoms with E-state index in [9.17, 15) is 0 Å². The molecule has 0 aliphatic carbocycles. The molecule has 0 amide bonds. The summed E-state index contributed by atoms with van der Waals surface area (Å²) in [7, 11) is 0. The average Bonchev–Trinajstić information content (AvgIpc) is 2.65. The normalized spacial score (nSPS) is 11.1. The number of H-pyrrole nitrogens is 1. The maximum Gasteiger partial charge on any atom is 0.103 e. The molecule has 0 saturated carbocycles. The van der Waals surface area contributed by atoms with E-state index in [4.69, 9.17) is 0 Å². The van der Waals surface area contributed by atoms with Gasteiger partial charge in [0.1, 0.15) is 5.82 Å². The minimum atomic E-state index is 0.559. The van der Waals surface area contributed by atoms with Gasteiger partial charge in [-0.25, -0.2) is 4.98 Å². The summed E-state index contributed by atoms with van der Waals surface area (Å²) >= 11 is 0. The lowest BCUT2D eigenvalue weighted by molar-refractivity contribution is 0.866. The van der Waals surface area contributed by atoms with Crippen LogP contribution < -0.4 is 0 Å². The van der Waals surface area contributed by atoms with Crippen LogP contribution in [0.2, 0.25) is 0 Å². The van der Waals surface area contributed by atoms with Crippen LogP contribution in [0.4, 0.5) is 0 Å². The number of aryl methyl sites for hydroxylation is 2. The summed E-state index contributed by atoms with van der Waals surface area (Å²) in [6.07, 6.45) is 1.90. The molecule has 0 bridgehead atoms. The number of aromatic amines is 1. The standard InChI is InChI=1S/C14H18N2/c1-9(2)12-6-5-10(3)13(7-12)14-8-15-11(4)16-14/h5-9H,1-4H3,(H,15,16). The Morgan fingerprint density at radius 1 is 1.19 bits per heavy atom. The molecule has 2 aromatic rings. The predicted molar refractivity (Wildman–Crippen MR) is 67.6 cm³/mol. The summed E-state index contributed by atoms with van der Waals surface area (Å²) in [5.41, 5.74) is 5.02. The second kappa shape index (κ2) is 4.12. The molecule has 0 unspecified atom stereocenters. The fourth-order valence-electron chi connectivity index (χ4n) is 1.85. The molecule has 16 heavy (non-hydrogen) atoms. The van der Waals surface area contributed by atoms with E-state index >= 15 is 0 Å². The summed E-state index contributed by atoms with van der Waals surface area (Å²) in [5, 5.41) is 0. The number of imidazole rings is 1. The van der Waals surface area contributed by atoms with Crippen LogP contribution >= 0.6 is 0 Å². The number of nitrogens with zero attached hydrogens (tertiary/aromatic N) is 1. The van der Waals surface area contributed by atoms with Gasteiger partial charge >= 0.3 is 0 Å². The Hall–Kier alpha value is -1.57. The third-order valence-electron chi connectivity index (χ3n) is 2.92. The zero-order valence-corrected chi connectivity index (χ0v) is 10.3. The van der Waals surface area contributed by atoms with Crippen LogP contribution in [0, 0.1) is 13.8 Å². The van der Waals surface area contributed by atoms with E-state index in [0.29, 0.717) is 5.92 Å². The van der Waals surface area contributed by atoms with Crippen LogP contribution in [0.15, 0.2) is 24.4 Å². The number of benzene rings is 1. The number of nitrogens with one attached hydrogen (secondary N) is 1. The van der Waals surface area contributed by atoms with Gasteiger partial charge in [0.05, 0.1) is 11.9 Å². The third-order valence-corrected chi connectivity index (χ3v) is 2.92. The number of aromatic nitrogens is 2. The van der Waals surface area contributed by atoms with Crippen molar-refractivity contribution in [2.75, 3.05) is 0 Å². The van der Waals surface area contributed by atoms with E-state index < -0.39 is 0 Å². The molecule has 1 aromatic carbocycles. The Morgan fingerprint density at radius 3 is 2.50 bits per heavy atom. The quantitative estimate of drug-likeness (QED) is 0.809. The van der Waals surface area contributed by atoms with Crippen molar-refractivity contribution in [1.29, 1.82) is 0 Å². The van der Waals surface area contributed by atoms with Crippen LogP contribution in [0.25, 0.3) is 11.3 Å². The largest absolute Gasteiger partial charge is 0.342 e. The molecule has 1 N–H and O–H groups in total. The first-order valence-electron chi connectivity index (χ1n) is 5.70. The van der Waals surface area contributed by atoms with Gasteiger partial charge in [0.15, 0.2) is 0 Å². The SMILES string of the molecule is Cc1ncc(-c2cc(C(C)C)ccc2C)[nH]1. The Labute approximate surface area is 96.7 Å². The van der Waals surface area contributed by atoms with E-state index in [-0.39, 0.29) is 0 Å². The highest BCUT2D eigenvalue weighted by Gasteiger charge is 2.07. The van der Waals surface area contributed by atoms with Gasteiger partial charge in [-0.3, -0.25) is 0 Å². The smallest absolute Gasteiger partial charge is 0.103 e. The monoisotopic (exact) mass is 214 g/mol. The van der Waals surface area contributed by atoms with Gasteiger partial charge in [-0.15, -0.1) is 0 Å². The van der Waals surface area contributed by atoms with Gasteiger partial charge in [0.25, 0.3) is 0 Å². The maximum atomic E-state index is 4.25. The van der Waals surface area contributed by atoms with Crippen LogP contribution in [-0.2, 0) is 0 Å². The van der Waals surface area contributed by atoms with E-state index in [1.165, 1.54) is 16.7 Å². The predicted octanol–water partition coefficient (Wildman–Crippen LogP) is 3.82. The maximum absolute atomic E-state index is 4.25. The van der Waals surface area contributed by atoms with Crippen molar-refractivity contribution in [2.24, 2.45) is 0 Å². The third kappa shape index (κ3) is 2.01. The first-order valence-corrected chi connectivity index (χ1v) is 5.70. The Morgan fingerprint density at radius 2 is 1.94 bits per heavy atom. The lowest BCUT2D eigenvalue weighted by Gasteiger charge is -2.09. The van der Waals surface area contributed by atoms with Crippen molar-refractivity contribution in [1.82, 2.24) is 9.97 Å². The van der Waals surface area contributed by atoms with E-state index in [0.717, 1.165) is 11.5 Å². The molecule has 1 aromatic heterocycles. The van der Waals surface area contributed by atoms with Gasteiger partial charge in [-0.2, -0.15) is 0 Å². The Bertz CT molecular complexity index is 495. The average molecular weight is 214 g/mol. The van der Waals surface area contributed by atoms with Crippen molar-refractivity contribution in [2.45, 2.75) is 33.6 Å². The van der Waals surface area contributed by atoms with Crippen molar-refractivity contribution in [3.8, 4) is 11.3 Å². The first-order chi connectivity index (χ1) is 7.58. The second-order valence-corrected chi connectivity index (χ2v) is 4.61. The molecule has 0 atom stereocenters. The minimum Gasteiger partial charge on any atom is -0.342 e. The minimum absolute atomic E-state index is 0.559. The lowest BCUT2D eigenvalue weighted by Crippen LogP contribution is -1.91. The molecular weight excluding hydrogens is 196 g/mol. The molecule has 0 saturated heterocycles. The summed E-state index contributed by atoms with van der Waals surface area (Å²) in [4.78, 5) is 7.54. The number of rotatable bonds is 2. The highest BCUT2D eigenvalue weighted by atomic mass is 14.9. The first kappa shape index (κ1) is 10.9. The molecule has 0 aliphatic heterocycles. The van der Waals surface area contributed by atoms with Crippen molar-refractivity contribution in [3.05, 3.63) is 41.3 Å². The van der Waals surface area contributed by atoms with Crippen molar-refractivity contribution in [3.63, 3.8) is 0 Å². The summed E-state index contributed by atoms with van der Waals surface area (Å²) in [6, 6.07) is 6.64. The highest BCUT2D eigenvalue weighted by molar-refractivity contribution is 5.64. The fourth-order valence-corrected chi connectivity index (χ4v) is 1.85. The molecule has 2 heteroatoms. The topological polar surface area (TPSA) is 28.7 Å². The summed E-state index contributed by atoms with van der Waals surface area (Å²) in [6.45, 7) is 8.54. The van der Waals surface area contributed by atoms with E-state index in [1.807, 2.05) is 13.1 Å². The molecule has 2 nitrogen and oxygen atoms in total. The summed E-state index contributed by atoms with van der Waals surface area (Å²) < 4.78 is 0. The Balaban J connectivity index is 2.51. The zero-order valence-electron chi connectivity index (χ0n) is 10.3. The Kier molecular flexibility index (Phi) is 2.82. The molecule has 0 spiro atoms. The fraction of sp³-hybridized carbons (Fsp3) is 0.357.